The molecule has 0 spiro atoms. The molecule has 3 aromatic rings. The summed E-state index contributed by atoms with van der Waals surface area (Å²) in [7, 11) is -2.42. The molecule has 1 aromatic carbocycles. The Hall–Kier alpha value is -2.82. The maximum absolute atomic E-state index is 13.9. The van der Waals surface area contributed by atoms with Gasteiger partial charge in [0, 0.05) is 72.3 Å². The third kappa shape index (κ3) is 5.88. The monoisotopic (exact) mass is 601 g/mol. The van der Waals surface area contributed by atoms with Crippen molar-refractivity contribution in [1.82, 2.24) is 29.1 Å². The van der Waals surface area contributed by atoms with E-state index in [0.29, 0.717) is 32.4 Å². The van der Waals surface area contributed by atoms with Crippen molar-refractivity contribution in [3.8, 4) is 0 Å². The van der Waals surface area contributed by atoms with Gasteiger partial charge in [0.1, 0.15) is 11.9 Å². The predicted molar refractivity (Wildman–Crippen MR) is 140 cm³/mol. The third-order valence-corrected chi connectivity index (χ3v) is 8.47. The Morgan fingerprint density at radius 2 is 2.13 bits per heavy atom. The number of alkyl halides is 2. The number of nitrogens with one attached hydrogen (secondary N) is 2. The lowest BCUT2D eigenvalue weighted by Crippen LogP contribution is -2.45. The summed E-state index contributed by atoms with van der Waals surface area (Å²) in [5.74, 6) is -0.0886. The van der Waals surface area contributed by atoms with Crippen molar-refractivity contribution in [3.63, 3.8) is 0 Å². The zero-order chi connectivity index (χ0) is 27.7. The number of rotatable bonds is 10. The average Bonchev–Trinajstić information content (AvgIpc) is 3.64. The van der Waals surface area contributed by atoms with E-state index in [1.165, 1.54) is 36.6 Å². The molecular weight excluding hydrogens is 579 g/mol. The minimum Gasteiger partial charge on any atom is -0.383 e. The zero-order valence-corrected chi connectivity index (χ0v) is 22.8. The van der Waals surface area contributed by atoms with Crippen molar-refractivity contribution in [1.29, 1.82) is 0 Å². The molecule has 4 heterocycles. The second-order valence-electron chi connectivity index (χ2n) is 8.70. The molecule has 5 rings (SSSR count). The van der Waals surface area contributed by atoms with E-state index in [4.69, 9.17) is 21.3 Å². The van der Waals surface area contributed by atoms with Crippen LogP contribution >= 0.6 is 22.9 Å². The van der Waals surface area contributed by atoms with E-state index in [1.807, 2.05) is 4.90 Å². The zero-order valence-electron chi connectivity index (χ0n) is 20.4. The van der Waals surface area contributed by atoms with Gasteiger partial charge in [-0.25, -0.2) is 14.1 Å². The molecule has 2 atom stereocenters. The molecule has 0 saturated carbocycles. The van der Waals surface area contributed by atoms with Gasteiger partial charge in [-0.05, 0) is 18.2 Å². The highest BCUT2D eigenvalue weighted by atomic mass is 35.5. The number of benzene rings is 1. The first-order valence-corrected chi connectivity index (χ1v) is 14.4. The van der Waals surface area contributed by atoms with E-state index >= 15 is 0 Å². The number of halogens is 4. The van der Waals surface area contributed by atoms with Crippen LogP contribution in [0.4, 0.5) is 13.2 Å². The summed E-state index contributed by atoms with van der Waals surface area (Å²) in [5, 5.41) is 6.51. The number of aromatic nitrogens is 3. The maximum atomic E-state index is 13.9. The van der Waals surface area contributed by atoms with Crippen molar-refractivity contribution in [2.45, 2.75) is 25.1 Å². The lowest BCUT2D eigenvalue weighted by Gasteiger charge is -2.32. The third-order valence-electron chi connectivity index (χ3n) is 6.14. The van der Waals surface area contributed by atoms with E-state index < -0.39 is 34.7 Å². The summed E-state index contributed by atoms with van der Waals surface area (Å²) < 4.78 is 76.7. The summed E-state index contributed by atoms with van der Waals surface area (Å²) >= 11 is 7.78. The first-order valence-electron chi connectivity index (χ1n) is 11.7. The van der Waals surface area contributed by atoms with Crippen LogP contribution in [0.15, 0.2) is 52.7 Å². The first-order chi connectivity index (χ1) is 18.7. The Bertz CT molecular complexity index is 1510. The van der Waals surface area contributed by atoms with E-state index in [9.17, 15) is 21.6 Å². The van der Waals surface area contributed by atoms with Crippen molar-refractivity contribution < 1.29 is 26.3 Å². The number of aliphatic imine (C=N–C) groups is 1. The lowest BCUT2D eigenvalue weighted by molar-refractivity contribution is 0.0564. The van der Waals surface area contributed by atoms with Gasteiger partial charge < -0.3 is 9.64 Å². The smallest absolute Gasteiger partial charge is 0.333 e. The molecule has 2 aromatic heterocycles. The number of amidine groups is 1. The number of thiazole rings is 1. The standard InChI is InChI=1S/C23H23ClF3N7O3S2/c1-37-8-5-29-39(35,36)32-14-11-18-19(17-4-7-34(31-17)23(26)27)20(15-3-2-13(25)10-16(15)24)30-21(33(18)12-14)22-28-6-9-38-22/h2-4,6-7,9-10,14,20,23,29,32H,5,8,11-12H2,1H3/t14-,20-/m0/s1. The van der Waals surface area contributed by atoms with Gasteiger partial charge in [0.05, 0.1) is 12.3 Å². The summed E-state index contributed by atoms with van der Waals surface area (Å²) in [6, 6.07) is 3.87. The van der Waals surface area contributed by atoms with Crippen molar-refractivity contribution in [2.24, 2.45) is 4.99 Å². The summed E-state index contributed by atoms with van der Waals surface area (Å²) in [6.45, 7) is -2.39. The van der Waals surface area contributed by atoms with Crippen LogP contribution in [-0.2, 0) is 14.9 Å². The normalized spacial score (nSPS) is 19.6. The first kappa shape index (κ1) is 27.7. The van der Waals surface area contributed by atoms with Gasteiger partial charge in [0.15, 0.2) is 10.8 Å². The highest BCUT2D eigenvalue weighted by molar-refractivity contribution is 7.87. The number of hydrogen-bond donors (Lipinski definition) is 2. The molecule has 0 radical (unpaired) electrons. The van der Waals surface area contributed by atoms with Crippen molar-refractivity contribution >= 4 is 44.6 Å². The van der Waals surface area contributed by atoms with Crippen molar-refractivity contribution in [3.05, 3.63) is 74.8 Å². The van der Waals surface area contributed by atoms with E-state index in [1.54, 1.807) is 11.6 Å². The van der Waals surface area contributed by atoms with E-state index in [0.717, 1.165) is 12.3 Å². The Balaban J connectivity index is 1.62. The van der Waals surface area contributed by atoms with Gasteiger partial charge in [-0.15, -0.1) is 11.3 Å². The Kier molecular flexibility index (Phi) is 8.07. The van der Waals surface area contributed by atoms with Crippen LogP contribution in [0.3, 0.4) is 0 Å². The van der Waals surface area contributed by atoms with E-state index in [-0.39, 0.29) is 36.8 Å². The second kappa shape index (κ2) is 11.3. The quantitative estimate of drug-likeness (QED) is 0.344. The fourth-order valence-corrected chi connectivity index (χ4v) is 6.52. The van der Waals surface area contributed by atoms with Gasteiger partial charge in [0.2, 0.25) is 0 Å². The largest absolute Gasteiger partial charge is 0.383 e. The molecular formula is C23H23ClF3N7O3S2. The van der Waals surface area contributed by atoms with Gasteiger partial charge in [0.25, 0.3) is 10.2 Å². The van der Waals surface area contributed by atoms with Crippen LogP contribution in [0.25, 0.3) is 5.57 Å². The van der Waals surface area contributed by atoms with Gasteiger partial charge in [-0.3, -0.25) is 4.99 Å². The Morgan fingerprint density at radius 1 is 1.31 bits per heavy atom. The molecule has 208 valence electrons. The molecule has 0 aliphatic carbocycles. The van der Waals surface area contributed by atoms with Crippen LogP contribution in [0.5, 0.6) is 0 Å². The topological polar surface area (TPSA) is 114 Å². The second-order valence-corrected chi connectivity index (χ2v) is 11.5. The summed E-state index contributed by atoms with van der Waals surface area (Å²) in [5.41, 5.74) is 1.72. The summed E-state index contributed by atoms with van der Waals surface area (Å²) in [6.07, 6.45) is 2.96. The molecule has 2 aliphatic heterocycles. The highest BCUT2D eigenvalue weighted by Crippen LogP contribution is 2.46. The molecule has 0 bridgehead atoms. The molecule has 2 N–H and O–H groups in total. The molecule has 39 heavy (non-hydrogen) atoms. The Morgan fingerprint density at radius 3 is 2.79 bits per heavy atom. The minimum absolute atomic E-state index is 0.0816. The van der Waals surface area contributed by atoms with E-state index in [2.05, 4.69) is 19.5 Å². The predicted octanol–water partition coefficient (Wildman–Crippen LogP) is 3.58. The van der Waals surface area contributed by atoms with Crippen LogP contribution in [-0.4, -0.2) is 66.8 Å². The van der Waals surface area contributed by atoms with Gasteiger partial charge in [-0.2, -0.15) is 31.7 Å². The number of nitrogens with zero attached hydrogens (tertiary/aromatic N) is 5. The number of ether oxygens (including phenoxy) is 1. The molecule has 0 unspecified atom stereocenters. The molecule has 1 fully saturated rings. The van der Waals surface area contributed by atoms with Gasteiger partial charge >= 0.3 is 6.55 Å². The highest BCUT2D eigenvalue weighted by Gasteiger charge is 2.42. The molecule has 1 saturated heterocycles. The lowest BCUT2D eigenvalue weighted by atomic mass is 9.92. The molecule has 0 amide bonds. The van der Waals surface area contributed by atoms with Crippen LogP contribution in [0.2, 0.25) is 5.02 Å². The van der Waals surface area contributed by atoms with Gasteiger partial charge in [-0.1, -0.05) is 17.7 Å². The van der Waals surface area contributed by atoms with Crippen LogP contribution in [0.1, 0.15) is 35.3 Å². The average molecular weight is 602 g/mol. The molecule has 2 aliphatic rings. The van der Waals surface area contributed by atoms with Crippen LogP contribution < -0.4 is 9.44 Å². The fourth-order valence-electron chi connectivity index (χ4n) is 4.57. The molecule has 16 heteroatoms. The van der Waals surface area contributed by atoms with Crippen LogP contribution in [0, 0.1) is 5.82 Å². The molecule has 10 nitrogen and oxygen atoms in total. The SMILES string of the molecule is COCCNS(=O)(=O)N[C@H]1CC2=C(c3ccn(C(F)F)n3)[C@H](c3ccc(F)cc3Cl)N=C(c3nccs3)N2C1. The minimum atomic E-state index is -3.88. The fraction of sp³-hybridized carbons (Fsp3) is 0.348. The Labute approximate surface area is 231 Å². The van der Waals surface area contributed by atoms with Crippen molar-refractivity contribution in [2.75, 3.05) is 26.8 Å². The summed E-state index contributed by atoms with van der Waals surface area (Å²) in [4.78, 5) is 11.1. The number of hydrogen-bond acceptors (Lipinski definition) is 8. The maximum Gasteiger partial charge on any atom is 0.333 e. The number of fused-ring (bicyclic) bond motifs is 1. The number of methoxy groups -OCH3 is 1.